The van der Waals surface area contributed by atoms with Crippen LogP contribution < -0.4 is 10.9 Å². The summed E-state index contributed by atoms with van der Waals surface area (Å²) >= 11 is 1.14. The van der Waals surface area contributed by atoms with Crippen LogP contribution in [0.3, 0.4) is 0 Å². The maximum absolute atomic E-state index is 13.2. The quantitative estimate of drug-likeness (QED) is 0.245. The van der Waals surface area contributed by atoms with E-state index in [9.17, 15) is 14.4 Å². The SMILES string of the molecule is CCOC(=O)c1ccccc1NC(=O)CSc1nc2cc(C)[nH]c2c(=O)n1-c1ccccc1. The number of hydrogen-bond acceptors (Lipinski definition) is 6. The van der Waals surface area contributed by atoms with Gasteiger partial charge in [-0.3, -0.25) is 14.2 Å². The number of H-pyrrole nitrogens is 1. The van der Waals surface area contributed by atoms with Gasteiger partial charge in [-0.25, -0.2) is 9.78 Å². The number of nitrogens with one attached hydrogen (secondary N) is 2. The van der Waals surface area contributed by atoms with Crippen molar-refractivity contribution in [3.05, 3.63) is 82.3 Å². The van der Waals surface area contributed by atoms with Crippen molar-refractivity contribution in [1.82, 2.24) is 14.5 Å². The minimum atomic E-state index is -0.506. The molecule has 9 heteroatoms. The molecule has 4 aromatic rings. The first-order valence-electron chi connectivity index (χ1n) is 10.3. The van der Waals surface area contributed by atoms with Crippen molar-refractivity contribution in [2.75, 3.05) is 17.7 Å². The van der Waals surface area contributed by atoms with Gasteiger partial charge in [0.25, 0.3) is 5.56 Å². The zero-order chi connectivity index (χ0) is 23.4. The van der Waals surface area contributed by atoms with Crippen molar-refractivity contribution < 1.29 is 14.3 Å². The summed E-state index contributed by atoms with van der Waals surface area (Å²) in [7, 11) is 0. The van der Waals surface area contributed by atoms with Crippen molar-refractivity contribution in [1.29, 1.82) is 0 Å². The van der Waals surface area contributed by atoms with E-state index < -0.39 is 5.97 Å². The Bertz CT molecular complexity index is 1380. The third-order valence-electron chi connectivity index (χ3n) is 4.80. The van der Waals surface area contributed by atoms with E-state index in [4.69, 9.17) is 4.74 Å². The van der Waals surface area contributed by atoms with Gasteiger partial charge in [-0.05, 0) is 44.2 Å². The first kappa shape index (κ1) is 22.3. The molecular formula is C24H22N4O4S. The lowest BCUT2D eigenvalue weighted by molar-refractivity contribution is -0.113. The summed E-state index contributed by atoms with van der Waals surface area (Å²) in [5.41, 5.74) is 2.83. The Morgan fingerprint density at radius 2 is 1.85 bits per heavy atom. The fourth-order valence-corrected chi connectivity index (χ4v) is 4.19. The van der Waals surface area contributed by atoms with Crippen LogP contribution in [0.15, 0.2) is 70.6 Å². The molecule has 168 valence electrons. The number of anilines is 1. The molecule has 0 radical (unpaired) electrons. The van der Waals surface area contributed by atoms with Crippen LogP contribution in [0.2, 0.25) is 0 Å². The summed E-state index contributed by atoms with van der Waals surface area (Å²) in [4.78, 5) is 45.8. The standard InChI is InChI=1S/C24H22N4O4S/c1-3-32-23(31)17-11-7-8-12-18(17)26-20(29)14-33-24-27-19-13-15(2)25-21(19)22(30)28(24)16-9-5-4-6-10-16/h4-13,25H,3,14H2,1-2H3,(H,26,29). The van der Waals surface area contributed by atoms with Gasteiger partial charge in [0.1, 0.15) is 5.52 Å². The van der Waals surface area contributed by atoms with E-state index in [1.54, 1.807) is 37.3 Å². The van der Waals surface area contributed by atoms with Crippen molar-refractivity contribution in [3.63, 3.8) is 0 Å². The maximum atomic E-state index is 13.2. The molecule has 0 saturated heterocycles. The molecule has 0 spiro atoms. The number of fused-ring (bicyclic) bond motifs is 1. The first-order valence-corrected chi connectivity index (χ1v) is 11.3. The number of carbonyl (C=O) groups excluding carboxylic acids is 2. The predicted octanol–water partition coefficient (Wildman–Crippen LogP) is 3.93. The topological polar surface area (TPSA) is 106 Å². The number of aryl methyl sites for hydroxylation is 1. The fraction of sp³-hybridized carbons (Fsp3) is 0.167. The van der Waals surface area contributed by atoms with Crippen molar-refractivity contribution in [2.45, 2.75) is 19.0 Å². The van der Waals surface area contributed by atoms with E-state index in [0.717, 1.165) is 17.5 Å². The minimum Gasteiger partial charge on any atom is -0.462 e. The van der Waals surface area contributed by atoms with Gasteiger partial charge >= 0.3 is 5.97 Å². The number of ether oxygens (including phenoxy) is 1. The third-order valence-corrected chi connectivity index (χ3v) is 5.74. The summed E-state index contributed by atoms with van der Waals surface area (Å²) in [6, 6.07) is 17.6. The second-order valence-electron chi connectivity index (χ2n) is 7.19. The summed E-state index contributed by atoms with van der Waals surface area (Å²) in [5, 5.41) is 3.15. The largest absolute Gasteiger partial charge is 0.462 e. The van der Waals surface area contributed by atoms with Gasteiger partial charge in [0.2, 0.25) is 5.91 Å². The molecule has 4 rings (SSSR count). The number of thioether (sulfide) groups is 1. The molecule has 0 fully saturated rings. The van der Waals surface area contributed by atoms with E-state index in [1.807, 2.05) is 37.3 Å². The summed E-state index contributed by atoms with van der Waals surface area (Å²) in [6.45, 7) is 3.81. The number of aromatic nitrogens is 3. The van der Waals surface area contributed by atoms with Crippen LogP contribution in [0.5, 0.6) is 0 Å². The number of carbonyl (C=O) groups is 2. The van der Waals surface area contributed by atoms with Crippen LogP contribution in [0.25, 0.3) is 16.7 Å². The molecule has 0 aliphatic carbocycles. The highest BCUT2D eigenvalue weighted by atomic mass is 32.2. The predicted molar refractivity (Wildman–Crippen MR) is 128 cm³/mol. The molecular weight excluding hydrogens is 440 g/mol. The molecule has 2 aromatic heterocycles. The number of benzene rings is 2. The van der Waals surface area contributed by atoms with Crippen molar-refractivity contribution in [3.8, 4) is 5.69 Å². The summed E-state index contributed by atoms with van der Waals surface area (Å²) in [5.74, 6) is -0.851. The Kier molecular flexibility index (Phi) is 6.60. The Hall–Kier alpha value is -3.85. The molecule has 0 saturated carbocycles. The Morgan fingerprint density at radius 3 is 2.61 bits per heavy atom. The lowest BCUT2D eigenvalue weighted by Crippen LogP contribution is -2.23. The van der Waals surface area contributed by atoms with Gasteiger partial charge in [0.05, 0.1) is 34.8 Å². The van der Waals surface area contributed by atoms with Gasteiger partial charge in [-0.1, -0.05) is 42.1 Å². The lowest BCUT2D eigenvalue weighted by atomic mass is 10.2. The van der Waals surface area contributed by atoms with Crippen LogP contribution in [0.1, 0.15) is 23.0 Å². The highest BCUT2D eigenvalue weighted by Crippen LogP contribution is 2.23. The number of esters is 1. The zero-order valence-electron chi connectivity index (χ0n) is 18.1. The van der Waals surface area contributed by atoms with E-state index in [0.29, 0.717) is 27.6 Å². The molecule has 0 aliphatic heterocycles. The van der Waals surface area contributed by atoms with Crippen LogP contribution in [-0.2, 0) is 9.53 Å². The monoisotopic (exact) mass is 462 g/mol. The minimum absolute atomic E-state index is 0.00859. The Labute approximate surface area is 194 Å². The number of hydrogen-bond donors (Lipinski definition) is 2. The average molecular weight is 463 g/mol. The third kappa shape index (κ3) is 4.83. The summed E-state index contributed by atoms with van der Waals surface area (Å²) in [6.07, 6.45) is 0. The van der Waals surface area contributed by atoms with Crippen LogP contribution in [-0.4, -0.2) is 38.8 Å². The smallest absolute Gasteiger partial charge is 0.340 e. The second-order valence-corrected chi connectivity index (χ2v) is 8.13. The molecule has 0 aliphatic rings. The van der Waals surface area contributed by atoms with Crippen molar-refractivity contribution in [2.24, 2.45) is 0 Å². The van der Waals surface area contributed by atoms with E-state index in [2.05, 4.69) is 15.3 Å². The Morgan fingerprint density at radius 1 is 1.12 bits per heavy atom. The van der Waals surface area contributed by atoms with Gasteiger partial charge in [-0.15, -0.1) is 0 Å². The first-order chi connectivity index (χ1) is 16.0. The van der Waals surface area contributed by atoms with E-state index in [1.165, 1.54) is 4.57 Å². The normalized spacial score (nSPS) is 10.8. The lowest BCUT2D eigenvalue weighted by Gasteiger charge is -2.13. The van der Waals surface area contributed by atoms with Gasteiger partial charge < -0.3 is 15.0 Å². The number of rotatable bonds is 7. The molecule has 0 bridgehead atoms. The average Bonchev–Trinajstić information content (AvgIpc) is 3.19. The van der Waals surface area contributed by atoms with Gasteiger partial charge in [0.15, 0.2) is 5.16 Å². The maximum Gasteiger partial charge on any atom is 0.340 e. The fourth-order valence-electron chi connectivity index (χ4n) is 3.37. The number of para-hydroxylation sites is 2. The molecule has 2 N–H and O–H groups in total. The molecule has 8 nitrogen and oxygen atoms in total. The summed E-state index contributed by atoms with van der Waals surface area (Å²) < 4.78 is 6.54. The second kappa shape index (κ2) is 9.74. The van der Waals surface area contributed by atoms with Crippen LogP contribution in [0.4, 0.5) is 5.69 Å². The number of amides is 1. The van der Waals surface area contributed by atoms with Crippen LogP contribution in [0, 0.1) is 6.92 Å². The number of nitrogens with zero attached hydrogens (tertiary/aromatic N) is 2. The highest BCUT2D eigenvalue weighted by Gasteiger charge is 2.18. The molecule has 0 unspecified atom stereocenters. The molecule has 2 heterocycles. The Balaban J connectivity index is 1.61. The molecule has 1 amide bonds. The van der Waals surface area contributed by atoms with Gasteiger partial charge in [0, 0.05) is 5.69 Å². The number of aromatic amines is 1. The van der Waals surface area contributed by atoms with Crippen molar-refractivity contribution >= 4 is 40.4 Å². The highest BCUT2D eigenvalue weighted by molar-refractivity contribution is 7.99. The molecule has 2 aromatic carbocycles. The van der Waals surface area contributed by atoms with Crippen LogP contribution >= 0.6 is 11.8 Å². The van der Waals surface area contributed by atoms with E-state index >= 15 is 0 Å². The van der Waals surface area contributed by atoms with E-state index in [-0.39, 0.29) is 29.4 Å². The zero-order valence-corrected chi connectivity index (χ0v) is 18.9. The molecule has 33 heavy (non-hydrogen) atoms. The van der Waals surface area contributed by atoms with Gasteiger partial charge in [-0.2, -0.15) is 0 Å². The molecule has 0 atom stereocenters.